The predicted molar refractivity (Wildman–Crippen MR) is 77.7 cm³/mol. The minimum Gasteiger partial charge on any atom is -0.494 e. The van der Waals surface area contributed by atoms with Gasteiger partial charge >= 0.3 is 0 Å². The molecular formula is C15H13FN4O. The van der Waals surface area contributed by atoms with Crippen molar-refractivity contribution < 1.29 is 9.13 Å². The van der Waals surface area contributed by atoms with Gasteiger partial charge in [0, 0.05) is 11.3 Å². The Balaban J connectivity index is 2.10. The molecule has 0 aliphatic carbocycles. The van der Waals surface area contributed by atoms with Gasteiger partial charge in [-0.1, -0.05) is 29.5 Å². The van der Waals surface area contributed by atoms with E-state index in [0.717, 1.165) is 5.56 Å². The first kappa shape index (κ1) is 13.1. The molecule has 0 aliphatic heterocycles. The van der Waals surface area contributed by atoms with Crippen molar-refractivity contribution in [3.8, 4) is 22.7 Å². The van der Waals surface area contributed by atoms with Gasteiger partial charge in [0.2, 0.25) is 0 Å². The summed E-state index contributed by atoms with van der Waals surface area (Å²) in [4.78, 5) is 0. The largest absolute Gasteiger partial charge is 0.494 e. The lowest BCUT2D eigenvalue weighted by Crippen LogP contribution is -2.01. The van der Waals surface area contributed by atoms with Crippen LogP contribution in [0.1, 0.15) is 0 Å². The Morgan fingerprint density at radius 3 is 2.71 bits per heavy atom. The number of halogens is 1. The van der Waals surface area contributed by atoms with Crippen molar-refractivity contribution in [2.75, 3.05) is 12.8 Å². The zero-order chi connectivity index (χ0) is 14.8. The Morgan fingerprint density at radius 1 is 1.14 bits per heavy atom. The number of anilines is 1. The maximum absolute atomic E-state index is 14.0. The number of aromatic nitrogens is 3. The van der Waals surface area contributed by atoms with Crippen LogP contribution >= 0.6 is 0 Å². The Hall–Kier alpha value is -2.89. The van der Waals surface area contributed by atoms with E-state index in [4.69, 9.17) is 10.5 Å². The molecule has 21 heavy (non-hydrogen) atoms. The summed E-state index contributed by atoms with van der Waals surface area (Å²) in [5.74, 6) is -0.0562. The maximum Gasteiger partial charge on any atom is 0.152 e. The molecule has 2 N–H and O–H groups in total. The molecule has 0 spiro atoms. The molecule has 2 aromatic carbocycles. The van der Waals surface area contributed by atoms with Crippen molar-refractivity contribution in [1.82, 2.24) is 15.0 Å². The lowest BCUT2D eigenvalue weighted by molar-refractivity contribution is 0.407. The molecule has 1 aromatic heterocycles. The van der Waals surface area contributed by atoms with Gasteiger partial charge in [-0.2, -0.15) is 0 Å². The summed E-state index contributed by atoms with van der Waals surface area (Å²) in [6, 6.07) is 11.9. The minimum absolute atomic E-state index is 0.216. The highest BCUT2D eigenvalue weighted by Gasteiger charge is 2.14. The first-order valence-corrected chi connectivity index (χ1v) is 6.31. The zero-order valence-corrected chi connectivity index (χ0v) is 11.3. The lowest BCUT2D eigenvalue weighted by Gasteiger charge is -2.08. The number of ether oxygens (including phenoxy) is 1. The molecule has 0 saturated carbocycles. The second-order valence-corrected chi connectivity index (χ2v) is 4.43. The molecule has 0 atom stereocenters. The number of methoxy groups -OCH3 is 1. The fourth-order valence-electron chi connectivity index (χ4n) is 2.11. The first-order valence-electron chi connectivity index (χ1n) is 6.31. The van der Waals surface area contributed by atoms with Gasteiger partial charge in [0.25, 0.3) is 0 Å². The highest BCUT2D eigenvalue weighted by Crippen LogP contribution is 2.28. The maximum atomic E-state index is 14.0. The van der Waals surface area contributed by atoms with Crippen molar-refractivity contribution in [2.45, 2.75) is 0 Å². The van der Waals surface area contributed by atoms with Crippen LogP contribution in [-0.2, 0) is 0 Å². The van der Waals surface area contributed by atoms with Crippen LogP contribution in [0.15, 0.2) is 48.7 Å². The van der Waals surface area contributed by atoms with Crippen LogP contribution in [0.3, 0.4) is 0 Å². The third kappa shape index (κ3) is 2.31. The summed E-state index contributed by atoms with van der Waals surface area (Å²) in [5.41, 5.74) is 8.03. The van der Waals surface area contributed by atoms with E-state index in [1.807, 2.05) is 18.2 Å². The Bertz CT molecular complexity index is 785. The summed E-state index contributed by atoms with van der Waals surface area (Å²) in [6.45, 7) is 0. The van der Waals surface area contributed by atoms with Gasteiger partial charge in [-0.05, 0) is 18.2 Å². The smallest absolute Gasteiger partial charge is 0.152 e. The number of nitrogen functional groups attached to an aromatic ring is 1. The molecule has 6 heteroatoms. The average Bonchev–Trinajstić information content (AvgIpc) is 2.96. The lowest BCUT2D eigenvalue weighted by atomic mass is 10.1. The molecular weight excluding hydrogens is 271 g/mol. The highest BCUT2D eigenvalue weighted by molar-refractivity contribution is 5.73. The summed E-state index contributed by atoms with van der Waals surface area (Å²) >= 11 is 0. The standard InChI is InChI=1S/C15H13FN4O/c1-21-14-8-4-6-11(16)15(14)20-9-13(18-19-20)10-5-2-3-7-12(10)17/h2-9H,17H2,1H3. The topological polar surface area (TPSA) is 66.0 Å². The normalized spacial score (nSPS) is 10.6. The van der Waals surface area contributed by atoms with Gasteiger partial charge in [0.1, 0.15) is 17.1 Å². The fourth-order valence-corrected chi connectivity index (χ4v) is 2.11. The third-order valence-electron chi connectivity index (χ3n) is 3.13. The average molecular weight is 284 g/mol. The van der Waals surface area contributed by atoms with Crippen LogP contribution in [0.2, 0.25) is 0 Å². The number of rotatable bonds is 3. The molecule has 3 rings (SSSR count). The van der Waals surface area contributed by atoms with Gasteiger partial charge in [0.15, 0.2) is 5.82 Å². The van der Waals surface area contributed by atoms with E-state index in [1.165, 1.54) is 17.9 Å². The Morgan fingerprint density at radius 2 is 1.95 bits per heavy atom. The summed E-state index contributed by atoms with van der Waals surface area (Å²) < 4.78 is 20.5. The number of benzene rings is 2. The van der Waals surface area contributed by atoms with E-state index < -0.39 is 5.82 Å². The molecule has 0 unspecified atom stereocenters. The molecule has 3 aromatic rings. The van der Waals surface area contributed by atoms with E-state index in [2.05, 4.69) is 10.3 Å². The van der Waals surface area contributed by atoms with Crippen molar-refractivity contribution in [3.05, 3.63) is 54.5 Å². The minimum atomic E-state index is -0.438. The van der Waals surface area contributed by atoms with Crippen LogP contribution in [-0.4, -0.2) is 22.1 Å². The van der Waals surface area contributed by atoms with Gasteiger partial charge in [-0.25, -0.2) is 9.07 Å². The third-order valence-corrected chi connectivity index (χ3v) is 3.13. The van der Waals surface area contributed by atoms with Gasteiger partial charge in [-0.3, -0.25) is 0 Å². The van der Waals surface area contributed by atoms with Crippen LogP contribution in [0.5, 0.6) is 5.75 Å². The summed E-state index contributed by atoms with van der Waals surface area (Å²) in [7, 11) is 1.48. The van der Waals surface area contributed by atoms with Crippen molar-refractivity contribution in [3.63, 3.8) is 0 Å². The Labute approximate surface area is 120 Å². The van der Waals surface area contributed by atoms with Crippen LogP contribution in [0.4, 0.5) is 10.1 Å². The van der Waals surface area contributed by atoms with E-state index >= 15 is 0 Å². The molecule has 0 saturated heterocycles. The second kappa shape index (κ2) is 5.24. The Kier molecular flexibility index (Phi) is 3.27. The molecule has 1 heterocycles. The predicted octanol–water partition coefficient (Wildman–Crippen LogP) is 2.66. The van der Waals surface area contributed by atoms with Crippen LogP contribution in [0.25, 0.3) is 16.9 Å². The summed E-state index contributed by atoms with van der Waals surface area (Å²) in [5, 5.41) is 8.02. The van der Waals surface area contributed by atoms with Gasteiger partial charge < -0.3 is 10.5 Å². The first-order chi connectivity index (χ1) is 10.2. The molecule has 0 amide bonds. The van der Waals surface area contributed by atoms with E-state index in [0.29, 0.717) is 17.1 Å². The van der Waals surface area contributed by atoms with Crippen molar-refractivity contribution >= 4 is 5.69 Å². The fraction of sp³-hybridized carbons (Fsp3) is 0.0667. The quantitative estimate of drug-likeness (QED) is 0.751. The zero-order valence-electron chi connectivity index (χ0n) is 11.3. The van der Waals surface area contributed by atoms with E-state index in [1.54, 1.807) is 24.4 Å². The number of hydrogen-bond donors (Lipinski definition) is 1. The molecule has 5 nitrogen and oxygen atoms in total. The SMILES string of the molecule is COc1cccc(F)c1-n1cc(-c2ccccc2N)nn1. The van der Waals surface area contributed by atoms with Crippen molar-refractivity contribution in [1.29, 1.82) is 0 Å². The molecule has 0 fully saturated rings. The van der Waals surface area contributed by atoms with Crippen LogP contribution in [0, 0.1) is 5.82 Å². The second-order valence-electron chi connectivity index (χ2n) is 4.43. The number of para-hydroxylation sites is 2. The molecule has 0 radical (unpaired) electrons. The van der Waals surface area contributed by atoms with E-state index in [9.17, 15) is 4.39 Å². The monoisotopic (exact) mass is 284 g/mol. The highest BCUT2D eigenvalue weighted by atomic mass is 19.1. The summed E-state index contributed by atoms with van der Waals surface area (Å²) in [6.07, 6.45) is 1.62. The van der Waals surface area contributed by atoms with E-state index in [-0.39, 0.29) is 5.69 Å². The molecule has 0 aliphatic rings. The van der Waals surface area contributed by atoms with Gasteiger partial charge in [-0.15, -0.1) is 5.10 Å². The van der Waals surface area contributed by atoms with Crippen LogP contribution < -0.4 is 10.5 Å². The molecule has 0 bridgehead atoms. The number of nitrogens with two attached hydrogens (primary N) is 1. The van der Waals surface area contributed by atoms with Gasteiger partial charge in [0.05, 0.1) is 13.3 Å². The van der Waals surface area contributed by atoms with Crippen molar-refractivity contribution in [2.24, 2.45) is 0 Å². The number of nitrogens with zero attached hydrogens (tertiary/aromatic N) is 3. The number of hydrogen-bond acceptors (Lipinski definition) is 4. The molecule has 106 valence electrons.